The fourth-order valence-corrected chi connectivity index (χ4v) is 7.95. The molecular formula is C53H100N2O6P+. The van der Waals surface area contributed by atoms with Gasteiger partial charge >= 0.3 is 7.82 Å². The third kappa shape index (κ3) is 46.2. The number of rotatable bonds is 46. The minimum atomic E-state index is -4.32. The quantitative estimate of drug-likeness (QED) is 0.0243. The number of hydrogen-bond acceptors (Lipinski definition) is 5. The Morgan fingerprint density at radius 3 is 1.42 bits per heavy atom. The van der Waals surface area contributed by atoms with Gasteiger partial charge in [0.15, 0.2) is 0 Å². The molecule has 0 aliphatic carbocycles. The maximum absolute atomic E-state index is 12.8. The van der Waals surface area contributed by atoms with Crippen molar-refractivity contribution in [3.05, 3.63) is 60.8 Å². The van der Waals surface area contributed by atoms with Gasteiger partial charge in [-0.3, -0.25) is 13.8 Å². The molecule has 0 radical (unpaired) electrons. The Bertz CT molecular complexity index is 1190. The van der Waals surface area contributed by atoms with Gasteiger partial charge in [-0.2, -0.15) is 0 Å². The van der Waals surface area contributed by atoms with E-state index in [2.05, 4.69) is 67.8 Å². The van der Waals surface area contributed by atoms with Crippen molar-refractivity contribution in [3.8, 4) is 0 Å². The summed E-state index contributed by atoms with van der Waals surface area (Å²) in [7, 11) is 1.57. The molecule has 0 aromatic carbocycles. The highest BCUT2D eigenvalue weighted by molar-refractivity contribution is 7.47. The molecule has 1 amide bonds. The van der Waals surface area contributed by atoms with Crippen LogP contribution in [-0.2, 0) is 18.4 Å². The Hall–Kier alpha value is -1.80. The Morgan fingerprint density at radius 2 is 0.968 bits per heavy atom. The van der Waals surface area contributed by atoms with Crippen molar-refractivity contribution in [2.24, 2.45) is 0 Å². The molecule has 0 saturated carbocycles. The summed E-state index contributed by atoms with van der Waals surface area (Å²) in [6, 6.07) is -0.841. The van der Waals surface area contributed by atoms with Crippen molar-refractivity contribution in [1.82, 2.24) is 5.32 Å². The van der Waals surface area contributed by atoms with Crippen LogP contribution in [0, 0.1) is 0 Å². The van der Waals surface area contributed by atoms with E-state index in [1.807, 2.05) is 27.2 Å². The lowest BCUT2D eigenvalue weighted by Crippen LogP contribution is -2.45. The molecule has 0 aromatic heterocycles. The van der Waals surface area contributed by atoms with Gasteiger partial charge in [-0.15, -0.1) is 0 Å². The summed E-state index contributed by atoms with van der Waals surface area (Å²) >= 11 is 0. The summed E-state index contributed by atoms with van der Waals surface area (Å²) in [5, 5.41) is 13.6. The summed E-state index contributed by atoms with van der Waals surface area (Å²) in [5.41, 5.74) is 0. The van der Waals surface area contributed by atoms with Crippen molar-refractivity contribution < 1.29 is 32.9 Å². The van der Waals surface area contributed by atoms with E-state index in [-0.39, 0.29) is 19.1 Å². The zero-order valence-corrected chi connectivity index (χ0v) is 42.0. The summed E-state index contributed by atoms with van der Waals surface area (Å²) in [4.78, 5) is 23.0. The first kappa shape index (κ1) is 60.2. The number of quaternary nitrogens is 1. The second-order valence-corrected chi connectivity index (χ2v) is 20.0. The molecule has 8 nitrogen and oxygen atoms in total. The van der Waals surface area contributed by atoms with E-state index in [9.17, 15) is 19.4 Å². The normalized spacial score (nSPS) is 14.6. The van der Waals surface area contributed by atoms with Gasteiger partial charge in [-0.1, -0.05) is 216 Å². The average Bonchev–Trinajstić information content (AvgIpc) is 3.23. The van der Waals surface area contributed by atoms with Gasteiger partial charge in [0, 0.05) is 6.42 Å². The minimum absolute atomic E-state index is 0.0606. The fourth-order valence-electron chi connectivity index (χ4n) is 7.21. The largest absolute Gasteiger partial charge is 0.472 e. The van der Waals surface area contributed by atoms with E-state index in [0.29, 0.717) is 17.4 Å². The van der Waals surface area contributed by atoms with Gasteiger partial charge in [0.05, 0.1) is 39.9 Å². The van der Waals surface area contributed by atoms with E-state index in [0.717, 1.165) is 70.6 Å². The molecule has 3 N–H and O–H groups in total. The van der Waals surface area contributed by atoms with Gasteiger partial charge in [0.25, 0.3) is 0 Å². The number of allylic oxidation sites excluding steroid dienone is 9. The molecule has 0 rings (SSSR count). The Kier molecular flexibility index (Phi) is 43.1. The molecule has 3 atom stereocenters. The molecule has 0 saturated heterocycles. The first-order chi connectivity index (χ1) is 30.0. The maximum atomic E-state index is 12.8. The first-order valence-electron chi connectivity index (χ1n) is 25.7. The maximum Gasteiger partial charge on any atom is 0.472 e. The van der Waals surface area contributed by atoms with Crippen LogP contribution in [0.3, 0.4) is 0 Å². The van der Waals surface area contributed by atoms with Crippen LogP contribution in [0.4, 0.5) is 0 Å². The van der Waals surface area contributed by atoms with Gasteiger partial charge in [-0.25, -0.2) is 4.57 Å². The fraction of sp³-hybridized carbons (Fsp3) is 0.792. The molecular weight excluding hydrogens is 792 g/mol. The Morgan fingerprint density at radius 1 is 0.565 bits per heavy atom. The Labute approximate surface area is 383 Å². The first-order valence-corrected chi connectivity index (χ1v) is 27.2. The number of nitrogens with one attached hydrogen (secondary N) is 1. The monoisotopic (exact) mass is 892 g/mol. The van der Waals surface area contributed by atoms with Gasteiger partial charge in [0.1, 0.15) is 13.2 Å². The molecule has 3 unspecified atom stereocenters. The molecule has 0 bridgehead atoms. The van der Waals surface area contributed by atoms with Gasteiger partial charge in [0.2, 0.25) is 5.91 Å². The second kappa shape index (κ2) is 44.4. The summed E-state index contributed by atoms with van der Waals surface area (Å²) in [5.74, 6) is -0.183. The third-order valence-corrected chi connectivity index (χ3v) is 12.2. The number of nitrogens with zero attached hydrogens (tertiary/aromatic N) is 1. The molecule has 9 heteroatoms. The minimum Gasteiger partial charge on any atom is -0.387 e. The van der Waals surface area contributed by atoms with Crippen LogP contribution >= 0.6 is 7.82 Å². The zero-order valence-electron chi connectivity index (χ0n) is 41.1. The molecule has 0 spiro atoms. The number of hydrogen-bond donors (Lipinski definition) is 3. The van der Waals surface area contributed by atoms with Crippen molar-refractivity contribution in [2.75, 3.05) is 40.9 Å². The van der Waals surface area contributed by atoms with E-state index in [1.165, 1.54) is 128 Å². The number of carbonyl (C=O) groups is 1. The standard InChI is InChI=1S/C53H99N2O6P/c1-6-8-10-12-13-14-15-16-17-18-19-20-21-22-23-24-25-26-27-28-29-30-31-32-33-34-35-36-37-38-39-40-41-43-45-47-53(57)54-51(52(56)46-44-42-11-9-7-2)50-61-62(58,59)60-49-48-55(3,4)5/h8,10,13-14,16-17,19-20,44,46,51-52,56H,6-7,9,11-12,15,18,21-43,45,47-50H2,1-5H3,(H-,54,57,58,59)/p+1/b10-8-,14-13-,17-16-,20-19-,46-44+. The number of aliphatic hydroxyl groups excluding tert-OH is 1. The predicted molar refractivity (Wildman–Crippen MR) is 267 cm³/mol. The van der Waals surface area contributed by atoms with Gasteiger partial charge in [-0.05, 0) is 57.8 Å². The van der Waals surface area contributed by atoms with Crippen molar-refractivity contribution in [1.29, 1.82) is 0 Å². The SMILES string of the molecule is CC/C=C\C/C=C\C/C=C\C/C=C\CCCCCCCCCCCCCCCCCCCCCCCCC(=O)NC(COP(=O)(O)OCC[N+](C)(C)C)C(O)/C=C/CCCCC. The van der Waals surface area contributed by atoms with Crippen LogP contribution in [0.2, 0.25) is 0 Å². The van der Waals surface area contributed by atoms with Crippen LogP contribution in [0.5, 0.6) is 0 Å². The summed E-state index contributed by atoms with van der Waals surface area (Å²) < 4.78 is 23.4. The molecule has 0 aliphatic heterocycles. The Balaban J connectivity index is 3.77. The number of aliphatic hydroxyl groups is 1. The van der Waals surface area contributed by atoms with Crippen molar-refractivity contribution >= 4 is 13.7 Å². The van der Waals surface area contributed by atoms with E-state index in [4.69, 9.17) is 9.05 Å². The molecule has 0 aromatic rings. The lowest BCUT2D eigenvalue weighted by molar-refractivity contribution is -0.870. The predicted octanol–water partition coefficient (Wildman–Crippen LogP) is 15.0. The molecule has 62 heavy (non-hydrogen) atoms. The average molecular weight is 892 g/mol. The third-order valence-electron chi connectivity index (χ3n) is 11.2. The molecule has 0 aliphatic rings. The molecule has 0 fully saturated rings. The number of carbonyl (C=O) groups excluding carboxylic acids is 1. The van der Waals surface area contributed by atoms with Gasteiger partial charge < -0.3 is 19.8 Å². The highest BCUT2D eigenvalue weighted by Gasteiger charge is 2.27. The molecule has 362 valence electrons. The molecule has 0 heterocycles. The number of phosphoric ester groups is 1. The highest BCUT2D eigenvalue weighted by Crippen LogP contribution is 2.43. The highest BCUT2D eigenvalue weighted by atomic mass is 31.2. The zero-order chi connectivity index (χ0) is 45.7. The van der Waals surface area contributed by atoms with Crippen LogP contribution in [0.25, 0.3) is 0 Å². The van der Waals surface area contributed by atoms with Crippen molar-refractivity contribution in [3.63, 3.8) is 0 Å². The topological polar surface area (TPSA) is 105 Å². The van der Waals surface area contributed by atoms with Crippen LogP contribution in [-0.4, -0.2) is 73.4 Å². The lowest BCUT2D eigenvalue weighted by atomic mass is 10.0. The number of unbranched alkanes of at least 4 members (excludes halogenated alkanes) is 25. The number of likely N-dealkylation sites (N-methyl/N-ethyl adjacent to an activating group) is 1. The van der Waals surface area contributed by atoms with Crippen molar-refractivity contribution in [2.45, 2.75) is 231 Å². The smallest absolute Gasteiger partial charge is 0.387 e. The lowest BCUT2D eigenvalue weighted by Gasteiger charge is -2.25. The second-order valence-electron chi connectivity index (χ2n) is 18.5. The number of phosphoric acid groups is 1. The summed E-state index contributed by atoms with van der Waals surface area (Å²) in [6.45, 7) is 4.59. The van der Waals surface area contributed by atoms with Crippen LogP contribution < -0.4 is 5.32 Å². The van der Waals surface area contributed by atoms with E-state index < -0.39 is 20.0 Å². The van der Waals surface area contributed by atoms with E-state index in [1.54, 1.807) is 6.08 Å². The van der Waals surface area contributed by atoms with Crippen LogP contribution in [0.1, 0.15) is 219 Å². The van der Waals surface area contributed by atoms with E-state index >= 15 is 0 Å². The number of amides is 1. The summed E-state index contributed by atoms with van der Waals surface area (Å²) in [6.07, 6.45) is 59.5. The van der Waals surface area contributed by atoms with Crippen LogP contribution in [0.15, 0.2) is 60.8 Å².